The number of hydrogen-bond donors (Lipinski definition) is 0. The molecule has 5 nitrogen and oxygen atoms in total. The highest BCUT2D eigenvalue weighted by Gasteiger charge is 2.31. The molecule has 3 heterocycles. The number of benzene rings is 1. The molecule has 35 heavy (non-hydrogen) atoms. The normalized spacial score (nSPS) is 13.9. The number of aromatic nitrogens is 1. The molecule has 9 heteroatoms. The number of rotatable bonds is 8. The molecule has 1 atom stereocenters. The van der Waals surface area contributed by atoms with Gasteiger partial charge in [-0.2, -0.15) is 0 Å². The lowest BCUT2D eigenvalue weighted by Gasteiger charge is -2.13. The lowest BCUT2D eigenvalue weighted by molar-refractivity contribution is 0.383. The summed E-state index contributed by atoms with van der Waals surface area (Å²) >= 11 is 10.1. The van der Waals surface area contributed by atoms with Crippen molar-refractivity contribution in [1.29, 1.82) is 0 Å². The number of unbranched alkanes of at least 4 members (excludes halogenated alkanes) is 1. The largest absolute Gasteiger partial charge is 0.286 e. The molecule has 4 rings (SSSR count). The second-order valence-corrected chi connectivity index (χ2v) is 13.4. The third kappa shape index (κ3) is 4.84. The third-order valence-corrected chi connectivity index (χ3v) is 9.72. The first-order valence-corrected chi connectivity index (χ1v) is 14.9. The Kier molecular flexibility index (Phi) is 8.41. The maximum atomic E-state index is 14.0. The van der Waals surface area contributed by atoms with E-state index in [0.717, 1.165) is 43.0 Å². The number of halogens is 2. The van der Waals surface area contributed by atoms with E-state index in [2.05, 4.69) is 55.7 Å². The predicted octanol–water partition coefficient (Wildman–Crippen LogP) is 6.45. The molecule has 0 saturated carbocycles. The van der Waals surface area contributed by atoms with Crippen LogP contribution in [0.15, 0.2) is 51.4 Å². The van der Waals surface area contributed by atoms with Crippen LogP contribution in [-0.4, -0.2) is 18.7 Å². The van der Waals surface area contributed by atoms with Crippen molar-refractivity contribution in [2.24, 2.45) is 15.9 Å². The summed E-state index contributed by atoms with van der Waals surface area (Å²) in [5.41, 5.74) is 1.82. The topological polar surface area (TPSA) is 63.8 Å². The van der Waals surface area contributed by atoms with Gasteiger partial charge in [0.1, 0.15) is 0 Å². The smallest absolute Gasteiger partial charge is 0.262 e. The van der Waals surface area contributed by atoms with Crippen LogP contribution in [0.4, 0.5) is 0 Å². The lowest BCUT2D eigenvalue weighted by Crippen LogP contribution is -2.32. The third-order valence-electron chi connectivity index (χ3n) is 6.44. The maximum absolute atomic E-state index is 14.0. The zero-order valence-corrected chi connectivity index (χ0v) is 25.0. The van der Waals surface area contributed by atoms with Gasteiger partial charge in [-0.15, -0.1) is 22.7 Å². The molecule has 184 valence electrons. The fraction of sp³-hybridized carbons (Fsp3) is 0.385. The Hall–Kier alpha value is -1.68. The first-order valence-electron chi connectivity index (χ1n) is 11.7. The molecule has 0 saturated heterocycles. The summed E-state index contributed by atoms with van der Waals surface area (Å²) in [7, 11) is 3.43. The van der Waals surface area contributed by atoms with Crippen LogP contribution >= 0.6 is 54.5 Å². The molecule has 0 aromatic carbocycles. The van der Waals surface area contributed by atoms with Gasteiger partial charge in [-0.05, 0) is 68.5 Å². The fourth-order valence-electron chi connectivity index (χ4n) is 4.67. The van der Waals surface area contributed by atoms with Gasteiger partial charge in [0.05, 0.1) is 29.4 Å². The number of hydrogen-bond acceptors (Lipinski definition) is 6. The Balaban J connectivity index is 2.17. The minimum absolute atomic E-state index is 0.233. The summed E-state index contributed by atoms with van der Waals surface area (Å²) in [5, 5.41) is 1.28. The quantitative estimate of drug-likeness (QED) is 0.223. The SMILES string of the molecule is CCCCC(CC)Cn1c(=O)c2c(-c3ccc(Br)s3)c(=N/C)/c(=N\C)c(-c3ccc(Br)s3)c-2c1=O. The zero-order valence-electron chi connectivity index (χ0n) is 20.2. The van der Waals surface area contributed by atoms with Crippen molar-refractivity contribution in [3.63, 3.8) is 0 Å². The molecule has 0 spiro atoms. The van der Waals surface area contributed by atoms with E-state index in [4.69, 9.17) is 0 Å². The van der Waals surface area contributed by atoms with Crippen molar-refractivity contribution in [2.75, 3.05) is 14.1 Å². The highest BCUT2D eigenvalue weighted by atomic mass is 79.9. The van der Waals surface area contributed by atoms with Crippen LogP contribution in [-0.2, 0) is 6.54 Å². The summed E-state index contributed by atoms with van der Waals surface area (Å²) in [6.45, 7) is 4.72. The second kappa shape index (κ2) is 11.2. The van der Waals surface area contributed by atoms with Crippen molar-refractivity contribution in [1.82, 2.24) is 4.57 Å². The van der Waals surface area contributed by atoms with E-state index in [9.17, 15) is 9.59 Å². The first kappa shape index (κ1) is 26.4. The molecular formula is C26H27Br2N3O2S2. The summed E-state index contributed by atoms with van der Waals surface area (Å²) in [6.07, 6.45) is 4.10. The summed E-state index contributed by atoms with van der Waals surface area (Å²) in [6, 6.07) is 7.85. The van der Waals surface area contributed by atoms with Gasteiger partial charge >= 0.3 is 0 Å². The molecule has 0 amide bonds. The van der Waals surface area contributed by atoms with Crippen molar-refractivity contribution >= 4 is 54.5 Å². The molecule has 0 bridgehead atoms. The second-order valence-electron chi connectivity index (χ2n) is 8.49. The summed E-state index contributed by atoms with van der Waals surface area (Å²) in [5.74, 6) is 0.279. The average Bonchev–Trinajstić information content (AvgIpc) is 3.54. The molecule has 0 fully saturated rings. The Morgan fingerprint density at radius 3 is 1.66 bits per heavy atom. The molecule has 0 N–H and O–H groups in total. The monoisotopic (exact) mass is 635 g/mol. The van der Waals surface area contributed by atoms with Gasteiger partial charge in [-0.3, -0.25) is 24.1 Å². The molecule has 1 unspecified atom stereocenters. The predicted molar refractivity (Wildman–Crippen MR) is 154 cm³/mol. The van der Waals surface area contributed by atoms with E-state index in [-0.39, 0.29) is 17.0 Å². The number of thiophene rings is 2. The van der Waals surface area contributed by atoms with E-state index in [1.165, 1.54) is 27.2 Å². The Morgan fingerprint density at radius 1 is 0.829 bits per heavy atom. The minimum atomic E-state index is -0.233. The molecule has 1 aliphatic heterocycles. The Morgan fingerprint density at radius 2 is 1.31 bits per heavy atom. The first-order chi connectivity index (χ1) is 16.9. The highest BCUT2D eigenvalue weighted by molar-refractivity contribution is 9.11. The summed E-state index contributed by atoms with van der Waals surface area (Å²) in [4.78, 5) is 39.0. The number of fused-ring (bicyclic) bond motifs is 1. The van der Waals surface area contributed by atoms with Crippen molar-refractivity contribution in [3.8, 4) is 32.0 Å². The minimum Gasteiger partial charge on any atom is -0.286 e. The maximum Gasteiger partial charge on any atom is 0.262 e. The van der Waals surface area contributed by atoms with Crippen molar-refractivity contribution in [3.05, 3.63) is 63.3 Å². The van der Waals surface area contributed by atoms with Gasteiger partial charge in [0.25, 0.3) is 11.1 Å². The van der Waals surface area contributed by atoms with Crippen LogP contribution in [0.3, 0.4) is 0 Å². The van der Waals surface area contributed by atoms with Gasteiger partial charge in [0.15, 0.2) is 0 Å². The van der Waals surface area contributed by atoms with Gasteiger partial charge in [-0.25, -0.2) is 0 Å². The average molecular weight is 637 g/mol. The van der Waals surface area contributed by atoms with Crippen molar-refractivity contribution < 1.29 is 0 Å². The van der Waals surface area contributed by atoms with Crippen LogP contribution in [0, 0.1) is 5.92 Å². The van der Waals surface area contributed by atoms with Crippen LogP contribution in [0.5, 0.6) is 0 Å². The fourth-order valence-corrected chi connectivity index (χ4v) is 7.54. The molecule has 2 aromatic heterocycles. The summed E-state index contributed by atoms with van der Waals surface area (Å²) < 4.78 is 3.36. The van der Waals surface area contributed by atoms with Gasteiger partial charge in [-0.1, -0.05) is 33.1 Å². The van der Waals surface area contributed by atoms with E-state index >= 15 is 0 Å². The van der Waals surface area contributed by atoms with Gasteiger partial charge in [0, 0.05) is 41.5 Å². The van der Waals surface area contributed by atoms with Gasteiger partial charge in [0.2, 0.25) is 0 Å². The zero-order chi connectivity index (χ0) is 25.3. The molecule has 0 radical (unpaired) electrons. The van der Waals surface area contributed by atoms with E-state index in [1.54, 1.807) is 14.1 Å². The van der Waals surface area contributed by atoms with E-state index in [1.807, 2.05) is 24.3 Å². The Labute approximate surface area is 229 Å². The van der Waals surface area contributed by atoms with Crippen LogP contribution in [0.25, 0.3) is 32.0 Å². The highest BCUT2D eigenvalue weighted by Crippen LogP contribution is 2.39. The Bertz CT molecular complexity index is 1450. The molecule has 1 aliphatic carbocycles. The van der Waals surface area contributed by atoms with Gasteiger partial charge < -0.3 is 0 Å². The van der Waals surface area contributed by atoms with Crippen LogP contribution < -0.4 is 21.8 Å². The standard InChI is InChI=1S/C26H27Br2N3O2S2/c1-5-7-8-14(6-2)13-31-25(32)21-19(15-9-11-17(27)34-15)23(29-3)24(30-4)20(22(21)26(31)33)16-10-12-18(28)35-16/h9-12,14H,5-8,13H2,1-4H3/b29-23-,30-24-. The van der Waals surface area contributed by atoms with Crippen molar-refractivity contribution in [2.45, 2.75) is 46.1 Å². The molecular weight excluding hydrogens is 610 g/mol. The van der Waals surface area contributed by atoms with E-state index in [0.29, 0.717) is 39.5 Å². The van der Waals surface area contributed by atoms with Crippen LogP contribution in [0.2, 0.25) is 0 Å². The number of nitrogens with zero attached hydrogens (tertiary/aromatic N) is 3. The van der Waals surface area contributed by atoms with Crippen LogP contribution in [0.1, 0.15) is 39.5 Å². The molecule has 2 aliphatic rings. The van der Waals surface area contributed by atoms with E-state index < -0.39 is 0 Å². The lowest BCUT2D eigenvalue weighted by atomic mass is 9.93. The molecule has 2 aromatic rings.